The van der Waals surface area contributed by atoms with Crippen LogP contribution in [0.15, 0.2) is 0 Å². The van der Waals surface area contributed by atoms with Crippen molar-refractivity contribution in [3.05, 3.63) is 0 Å². The number of β-amino-alcohol motifs (C(OH)–C–C–N with tert-alkyl or cyclic N) is 1. The van der Waals surface area contributed by atoms with Gasteiger partial charge in [0.15, 0.2) is 0 Å². The number of carboxylic acids is 1. The Morgan fingerprint density at radius 3 is 2.25 bits per heavy atom. The molecular formula is C14H24N2O4. The summed E-state index contributed by atoms with van der Waals surface area (Å²) in [7, 11) is 0. The summed E-state index contributed by atoms with van der Waals surface area (Å²) in [6, 6.07) is 0. The first-order valence-corrected chi connectivity index (χ1v) is 7.37. The molecule has 1 heterocycles. The monoisotopic (exact) mass is 284 g/mol. The van der Waals surface area contributed by atoms with Crippen molar-refractivity contribution in [2.24, 2.45) is 17.8 Å². The van der Waals surface area contributed by atoms with Gasteiger partial charge in [0.05, 0.1) is 18.4 Å². The Balaban J connectivity index is 1.93. The number of hydrogen-bond donors (Lipinski definition) is 2. The first-order chi connectivity index (χ1) is 9.52. The van der Waals surface area contributed by atoms with Gasteiger partial charge in [0.2, 0.25) is 5.91 Å². The molecule has 6 nitrogen and oxygen atoms in total. The van der Waals surface area contributed by atoms with Gasteiger partial charge in [0, 0.05) is 32.7 Å². The number of nitrogens with zero attached hydrogens (tertiary/aromatic N) is 2. The predicted octanol–water partition coefficient (Wildman–Crippen LogP) is -0.130. The molecule has 1 aliphatic carbocycles. The maximum absolute atomic E-state index is 12.5. The number of carbonyl (C=O) groups is 2. The highest BCUT2D eigenvalue weighted by Crippen LogP contribution is 2.37. The molecular weight excluding hydrogens is 260 g/mol. The second kappa shape index (κ2) is 6.54. The van der Waals surface area contributed by atoms with E-state index in [4.69, 9.17) is 5.11 Å². The minimum absolute atomic E-state index is 0.00500. The van der Waals surface area contributed by atoms with Crippen LogP contribution in [0.4, 0.5) is 0 Å². The van der Waals surface area contributed by atoms with Crippen molar-refractivity contribution in [2.75, 3.05) is 39.3 Å². The summed E-state index contributed by atoms with van der Waals surface area (Å²) in [6.07, 6.45) is 1.29. The Kier molecular flexibility index (Phi) is 4.99. The van der Waals surface area contributed by atoms with Gasteiger partial charge in [-0.25, -0.2) is 0 Å². The lowest BCUT2D eigenvalue weighted by Crippen LogP contribution is -2.51. The van der Waals surface area contributed by atoms with E-state index in [0.29, 0.717) is 38.4 Å². The molecule has 6 heteroatoms. The number of carbonyl (C=O) groups excluding carboxylic acids is 1. The Hall–Kier alpha value is -1.14. The molecule has 0 aromatic heterocycles. The van der Waals surface area contributed by atoms with Crippen LogP contribution < -0.4 is 0 Å². The SMILES string of the molecule is CC1C[C@H](C(=O)N2CCN(CCO)CC2)[C@H](C(=O)O)C1. The average Bonchev–Trinajstić information content (AvgIpc) is 2.81. The molecule has 1 amide bonds. The molecule has 0 aromatic rings. The van der Waals surface area contributed by atoms with E-state index in [1.165, 1.54) is 0 Å². The number of amides is 1. The molecule has 1 unspecified atom stereocenters. The summed E-state index contributed by atoms with van der Waals surface area (Å²) in [5.74, 6) is -1.40. The van der Waals surface area contributed by atoms with Crippen molar-refractivity contribution in [2.45, 2.75) is 19.8 Å². The van der Waals surface area contributed by atoms with E-state index >= 15 is 0 Å². The molecule has 2 N–H and O–H groups in total. The number of aliphatic hydroxyl groups excluding tert-OH is 1. The van der Waals surface area contributed by atoms with Gasteiger partial charge in [0.1, 0.15) is 0 Å². The summed E-state index contributed by atoms with van der Waals surface area (Å²) in [4.78, 5) is 27.7. The number of rotatable bonds is 4. The normalized spacial score (nSPS) is 31.5. The van der Waals surface area contributed by atoms with E-state index < -0.39 is 11.9 Å². The minimum atomic E-state index is -0.841. The van der Waals surface area contributed by atoms with Crippen molar-refractivity contribution in [3.8, 4) is 0 Å². The van der Waals surface area contributed by atoms with E-state index in [9.17, 15) is 14.7 Å². The van der Waals surface area contributed by atoms with E-state index in [2.05, 4.69) is 4.90 Å². The zero-order valence-corrected chi connectivity index (χ0v) is 12.0. The van der Waals surface area contributed by atoms with Crippen molar-refractivity contribution in [1.82, 2.24) is 9.80 Å². The number of piperazine rings is 1. The van der Waals surface area contributed by atoms with Crippen molar-refractivity contribution < 1.29 is 19.8 Å². The van der Waals surface area contributed by atoms with E-state index in [0.717, 1.165) is 13.1 Å². The fourth-order valence-electron chi connectivity index (χ4n) is 3.41. The number of hydrogen-bond acceptors (Lipinski definition) is 4. The van der Waals surface area contributed by atoms with Crippen LogP contribution in [0.3, 0.4) is 0 Å². The number of aliphatic carboxylic acids is 1. The third-order valence-corrected chi connectivity index (χ3v) is 4.53. The molecule has 1 saturated heterocycles. The summed E-state index contributed by atoms with van der Waals surface area (Å²) in [5.41, 5.74) is 0. The van der Waals surface area contributed by atoms with Crippen molar-refractivity contribution in [1.29, 1.82) is 0 Å². The maximum Gasteiger partial charge on any atom is 0.307 e. The molecule has 20 heavy (non-hydrogen) atoms. The van der Waals surface area contributed by atoms with Crippen LogP contribution in [0.2, 0.25) is 0 Å². The topological polar surface area (TPSA) is 81.1 Å². The fourth-order valence-corrected chi connectivity index (χ4v) is 3.41. The molecule has 1 saturated carbocycles. The number of aliphatic hydroxyl groups is 1. The molecule has 3 atom stereocenters. The lowest BCUT2D eigenvalue weighted by atomic mass is 9.94. The van der Waals surface area contributed by atoms with Gasteiger partial charge in [-0.05, 0) is 18.8 Å². The van der Waals surface area contributed by atoms with Gasteiger partial charge in [-0.1, -0.05) is 6.92 Å². The summed E-state index contributed by atoms with van der Waals surface area (Å²) < 4.78 is 0. The first kappa shape index (κ1) is 15.3. The Morgan fingerprint density at radius 2 is 1.70 bits per heavy atom. The summed E-state index contributed by atoms with van der Waals surface area (Å²) in [5, 5.41) is 18.2. The quantitative estimate of drug-likeness (QED) is 0.751. The Morgan fingerprint density at radius 1 is 1.10 bits per heavy atom. The van der Waals surface area contributed by atoms with Crippen molar-refractivity contribution >= 4 is 11.9 Å². The van der Waals surface area contributed by atoms with Crippen LogP contribution in [0, 0.1) is 17.8 Å². The molecule has 0 bridgehead atoms. The maximum atomic E-state index is 12.5. The molecule has 0 aromatic carbocycles. The van der Waals surface area contributed by atoms with E-state index in [-0.39, 0.29) is 18.4 Å². The van der Waals surface area contributed by atoms with Gasteiger partial charge >= 0.3 is 5.97 Å². The van der Waals surface area contributed by atoms with Crippen molar-refractivity contribution in [3.63, 3.8) is 0 Å². The lowest BCUT2D eigenvalue weighted by Gasteiger charge is -2.36. The highest BCUT2D eigenvalue weighted by atomic mass is 16.4. The standard InChI is InChI=1S/C14H24N2O4/c1-10-8-11(12(9-10)14(19)20)13(18)16-4-2-15(3-5-16)6-7-17/h10-12,17H,2-9H2,1H3,(H,19,20)/t10?,11-,12+/m0/s1. The zero-order chi connectivity index (χ0) is 14.7. The van der Waals surface area contributed by atoms with Gasteiger partial charge in [-0.3, -0.25) is 14.5 Å². The van der Waals surface area contributed by atoms with Gasteiger partial charge < -0.3 is 15.1 Å². The summed E-state index contributed by atoms with van der Waals surface area (Å²) in [6.45, 7) is 5.57. The second-order valence-electron chi connectivity index (χ2n) is 6.02. The molecule has 0 spiro atoms. The lowest BCUT2D eigenvalue weighted by molar-refractivity contribution is -0.149. The fraction of sp³-hybridized carbons (Fsp3) is 0.857. The molecule has 114 valence electrons. The largest absolute Gasteiger partial charge is 0.481 e. The average molecular weight is 284 g/mol. The third-order valence-electron chi connectivity index (χ3n) is 4.53. The van der Waals surface area contributed by atoms with Gasteiger partial charge in [-0.15, -0.1) is 0 Å². The molecule has 2 fully saturated rings. The smallest absolute Gasteiger partial charge is 0.307 e. The highest BCUT2D eigenvalue weighted by molar-refractivity contribution is 5.85. The molecule has 2 aliphatic rings. The Bertz CT molecular complexity index is 366. The second-order valence-corrected chi connectivity index (χ2v) is 6.02. The van der Waals surface area contributed by atoms with E-state index in [1.54, 1.807) is 4.90 Å². The van der Waals surface area contributed by atoms with Crippen LogP contribution in [-0.2, 0) is 9.59 Å². The third kappa shape index (κ3) is 3.30. The predicted molar refractivity (Wildman–Crippen MR) is 73.1 cm³/mol. The van der Waals surface area contributed by atoms with E-state index in [1.807, 2.05) is 6.92 Å². The molecule has 2 rings (SSSR count). The van der Waals surface area contributed by atoms with Gasteiger partial charge in [-0.2, -0.15) is 0 Å². The minimum Gasteiger partial charge on any atom is -0.481 e. The van der Waals surface area contributed by atoms with Crippen LogP contribution in [0.5, 0.6) is 0 Å². The molecule has 0 radical (unpaired) electrons. The van der Waals surface area contributed by atoms with Gasteiger partial charge in [0.25, 0.3) is 0 Å². The Labute approximate surface area is 119 Å². The summed E-state index contributed by atoms with van der Waals surface area (Å²) >= 11 is 0. The molecule has 1 aliphatic heterocycles. The van der Waals surface area contributed by atoms with Crippen LogP contribution >= 0.6 is 0 Å². The van der Waals surface area contributed by atoms with Crippen LogP contribution in [0.25, 0.3) is 0 Å². The number of carboxylic acid groups (broad SMARTS) is 1. The highest BCUT2D eigenvalue weighted by Gasteiger charge is 2.43. The zero-order valence-electron chi connectivity index (χ0n) is 12.0. The van der Waals surface area contributed by atoms with Crippen LogP contribution in [-0.4, -0.2) is 71.2 Å². The first-order valence-electron chi connectivity index (χ1n) is 7.37. The van der Waals surface area contributed by atoms with Crippen LogP contribution in [0.1, 0.15) is 19.8 Å².